The smallest absolute Gasteiger partial charge is 0 e. The standard InChI is InChI=1S/C3H10P2.3Y/c1-5-3-2-4;;;/h5H,2-4H2,1H3;;;. The number of hydrogen-bond acceptors (Lipinski definition) is 0. The van der Waals surface area contributed by atoms with Crippen molar-refractivity contribution in [3.05, 3.63) is 0 Å². The van der Waals surface area contributed by atoms with Gasteiger partial charge in [-0.15, -0.1) is 17.8 Å². The van der Waals surface area contributed by atoms with Crippen LogP contribution in [0.2, 0.25) is 0 Å². The molecule has 0 fully saturated rings. The summed E-state index contributed by atoms with van der Waals surface area (Å²) in [6.07, 6.45) is 2.65. The Morgan fingerprint density at radius 3 is 1.62 bits per heavy atom. The second-order valence-electron chi connectivity index (χ2n) is 0.892. The fourth-order valence-electron chi connectivity index (χ4n) is 0.144. The summed E-state index contributed by atoms with van der Waals surface area (Å²) in [6, 6.07) is 0. The summed E-state index contributed by atoms with van der Waals surface area (Å²) in [5, 5.41) is 0. The van der Waals surface area contributed by atoms with Gasteiger partial charge in [0.2, 0.25) is 0 Å². The molecule has 0 aliphatic rings. The zero-order valence-corrected chi connectivity index (χ0v) is 15.9. The van der Waals surface area contributed by atoms with Crippen LogP contribution in [0.5, 0.6) is 0 Å². The fourth-order valence-corrected chi connectivity index (χ4v) is 1.30. The molecule has 2 atom stereocenters. The van der Waals surface area contributed by atoms with E-state index in [1.165, 1.54) is 12.3 Å². The second kappa shape index (κ2) is 22.5. The summed E-state index contributed by atoms with van der Waals surface area (Å²) in [5.41, 5.74) is 0. The van der Waals surface area contributed by atoms with E-state index in [0.29, 0.717) is 0 Å². The molecule has 8 heavy (non-hydrogen) atoms. The normalized spacial score (nSPS) is 6.75. The monoisotopic (exact) mass is 375 g/mol. The van der Waals surface area contributed by atoms with E-state index in [4.69, 9.17) is 0 Å². The molecule has 3 radical (unpaired) electrons. The quantitative estimate of drug-likeness (QED) is 0.636. The van der Waals surface area contributed by atoms with Crippen LogP contribution in [-0.4, -0.2) is 19.0 Å². The summed E-state index contributed by atoms with van der Waals surface area (Å²) in [7, 11) is 3.84. The van der Waals surface area contributed by atoms with Crippen molar-refractivity contribution in [2.75, 3.05) is 19.0 Å². The van der Waals surface area contributed by atoms with Crippen molar-refractivity contribution in [3.63, 3.8) is 0 Å². The molecule has 0 aromatic carbocycles. The van der Waals surface area contributed by atoms with Crippen molar-refractivity contribution in [3.8, 4) is 0 Å². The van der Waals surface area contributed by atoms with Crippen LogP contribution < -0.4 is 0 Å². The van der Waals surface area contributed by atoms with Crippen molar-refractivity contribution in [2.45, 2.75) is 0 Å². The molecule has 0 heterocycles. The molecule has 0 bridgehead atoms. The molecular formula is C3H10P2Y3. The minimum absolute atomic E-state index is 0. The zero-order chi connectivity index (χ0) is 4.12. The van der Waals surface area contributed by atoms with Crippen LogP contribution >= 0.6 is 17.8 Å². The van der Waals surface area contributed by atoms with E-state index in [-0.39, 0.29) is 98.1 Å². The number of rotatable bonds is 2. The maximum atomic E-state index is 2.71. The Hall–Kier alpha value is 4.17. The van der Waals surface area contributed by atoms with E-state index in [2.05, 4.69) is 15.9 Å². The Morgan fingerprint density at radius 2 is 1.62 bits per heavy atom. The van der Waals surface area contributed by atoms with Gasteiger partial charge in [0.1, 0.15) is 0 Å². The topological polar surface area (TPSA) is 0 Å². The van der Waals surface area contributed by atoms with Crippen molar-refractivity contribution in [1.82, 2.24) is 0 Å². The second-order valence-corrected chi connectivity index (χ2v) is 2.68. The Balaban J connectivity index is -0.0000000267. The van der Waals surface area contributed by atoms with E-state index >= 15 is 0 Å². The molecule has 0 N–H and O–H groups in total. The zero-order valence-electron chi connectivity index (χ0n) is 5.22. The molecule has 41 valence electrons. The summed E-state index contributed by atoms with van der Waals surface area (Å²) >= 11 is 0. The average molecular weight is 375 g/mol. The molecule has 0 saturated heterocycles. The molecule has 0 aliphatic carbocycles. The SMILES string of the molecule is CPCCP.[Y].[Y].[Y]. The minimum Gasteiger partial charge on any atom is -0.137 e. The molecule has 0 aliphatic heterocycles. The van der Waals surface area contributed by atoms with Crippen LogP contribution in [-0.2, 0) is 98.1 Å². The first-order chi connectivity index (χ1) is 2.41. The Kier molecular flexibility index (Phi) is 63.9. The van der Waals surface area contributed by atoms with Crippen LogP contribution in [0.15, 0.2) is 0 Å². The van der Waals surface area contributed by atoms with Crippen molar-refractivity contribution in [2.24, 2.45) is 0 Å². The van der Waals surface area contributed by atoms with Crippen LogP contribution in [0.1, 0.15) is 0 Å². The molecule has 0 aromatic rings. The maximum absolute atomic E-state index is 2.71. The van der Waals surface area contributed by atoms with Crippen LogP contribution in [0.4, 0.5) is 0 Å². The molecule has 0 aromatic heterocycles. The van der Waals surface area contributed by atoms with E-state index in [1.54, 1.807) is 0 Å². The predicted molar refractivity (Wildman–Crippen MR) is 33.7 cm³/mol. The molecule has 5 heteroatoms. The van der Waals surface area contributed by atoms with Gasteiger partial charge in [0.05, 0.1) is 0 Å². The molecule has 0 amide bonds. The van der Waals surface area contributed by atoms with Gasteiger partial charge in [0.25, 0.3) is 0 Å². The van der Waals surface area contributed by atoms with Gasteiger partial charge in [-0.05, 0) is 19.0 Å². The summed E-state index contributed by atoms with van der Waals surface area (Å²) in [6.45, 7) is 2.23. The molecule has 2 unspecified atom stereocenters. The molecule has 0 nitrogen and oxygen atoms in total. The van der Waals surface area contributed by atoms with E-state index in [1.807, 2.05) is 0 Å². The third-order valence-corrected chi connectivity index (χ3v) is 2.05. The number of hydrogen-bond donors (Lipinski definition) is 0. The van der Waals surface area contributed by atoms with Gasteiger partial charge < -0.3 is 0 Å². The predicted octanol–water partition coefficient (Wildman–Crippen LogP) is 1.16. The van der Waals surface area contributed by atoms with Crippen LogP contribution in [0, 0.1) is 0 Å². The van der Waals surface area contributed by atoms with E-state index in [9.17, 15) is 0 Å². The Morgan fingerprint density at radius 1 is 1.25 bits per heavy atom. The van der Waals surface area contributed by atoms with Gasteiger partial charge in [-0.1, -0.05) is 0 Å². The Labute approximate surface area is 132 Å². The molecule has 0 spiro atoms. The first-order valence-electron chi connectivity index (χ1n) is 1.76. The van der Waals surface area contributed by atoms with Gasteiger partial charge in [-0.2, -0.15) is 0 Å². The Bertz CT molecular complexity index is 20.0. The van der Waals surface area contributed by atoms with Gasteiger partial charge in [0, 0.05) is 98.1 Å². The molecular weight excluding hydrogens is 365 g/mol. The first-order valence-corrected chi connectivity index (χ1v) is 4.29. The van der Waals surface area contributed by atoms with Gasteiger partial charge >= 0.3 is 0 Å². The van der Waals surface area contributed by atoms with Crippen molar-refractivity contribution in [1.29, 1.82) is 0 Å². The van der Waals surface area contributed by atoms with Gasteiger partial charge in [-0.3, -0.25) is 0 Å². The van der Waals surface area contributed by atoms with E-state index < -0.39 is 0 Å². The minimum atomic E-state index is 0. The van der Waals surface area contributed by atoms with Crippen LogP contribution in [0.25, 0.3) is 0 Å². The molecule has 0 saturated carbocycles. The van der Waals surface area contributed by atoms with Gasteiger partial charge in [-0.25, -0.2) is 0 Å². The van der Waals surface area contributed by atoms with Crippen molar-refractivity contribution >= 4 is 17.8 Å². The third-order valence-electron chi connectivity index (χ3n) is 0.394. The first kappa shape index (κ1) is 22.7. The fraction of sp³-hybridized carbons (Fsp3) is 1.00. The third kappa shape index (κ3) is 22.5. The van der Waals surface area contributed by atoms with Crippen molar-refractivity contribution < 1.29 is 98.1 Å². The summed E-state index contributed by atoms with van der Waals surface area (Å²) in [5.74, 6) is 0. The van der Waals surface area contributed by atoms with Crippen LogP contribution in [0.3, 0.4) is 0 Å². The summed E-state index contributed by atoms with van der Waals surface area (Å²) < 4.78 is 0. The van der Waals surface area contributed by atoms with E-state index in [0.717, 1.165) is 8.58 Å². The maximum Gasteiger partial charge on any atom is 0 e. The average Bonchev–Trinajstić information content (AvgIpc) is 1.41. The largest absolute Gasteiger partial charge is 0.137 e. The molecule has 0 rings (SSSR count). The van der Waals surface area contributed by atoms with Gasteiger partial charge in [0.15, 0.2) is 0 Å². The summed E-state index contributed by atoms with van der Waals surface area (Å²) in [4.78, 5) is 0.